The van der Waals surface area contributed by atoms with E-state index in [0.717, 1.165) is 16.8 Å². The van der Waals surface area contributed by atoms with Crippen molar-refractivity contribution in [2.45, 2.75) is 13.5 Å². The van der Waals surface area contributed by atoms with Crippen molar-refractivity contribution in [3.63, 3.8) is 0 Å². The topological polar surface area (TPSA) is 147 Å². The Labute approximate surface area is 110 Å². The summed E-state index contributed by atoms with van der Waals surface area (Å²) in [5, 5.41) is 21.7. The van der Waals surface area contributed by atoms with E-state index in [1.807, 2.05) is 0 Å². The average molecular weight is 279 g/mol. The van der Waals surface area contributed by atoms with E-state index in [2.05, 4.69) is 4.98 Å². The summed E-state index contributed by atoms with van der Waals surface area (Å²) in [6.07, 6.45) is 0.971. The molecule has 2 heterocycles. The number of aromatic nitrogens is 2. The van der Waals surface area contributed by atoms with Gasteiger partial charge in [0, 0.05) is 12.6 Å². The standard InChI is InChI=1S/C10H9N5O5/c1-2-13-9-6(3-5(4-12-9)14(17)18)7(11)8(10(13)16)15(19)20/h3-4H,2,11H2,1H3. The van der Waals surface area contributed by atoms with E-state index in [1.54, 1.807) is 6.92 Å². The van der Waals surface area contributed by atoms with Gasteiger partial charge in [0.25, 0.3) is 5.69 Å². The van der Waals surface area contributed by atoms with E-state index in [4.69, 9.17) is 5.73 Å². The third kappa shape index (κ3) is 1.83. The highest BCUT2D eigenvalue weighted by atomic mass is 16.6. The highest BCUT2D eigenvalue weighted by Crippen LogP contribution is 2.28. The van der Waals surface area contributed by atoms with Crippen molar-refractivity contribution in [3.05, 3.63) is 42.8 Å². The molecule has 2 N–H and O–H groups in total. The highest BCUT2D eigenvalue weighted by Gasteiger charge is 2.25. The molecule has 0 fully saturated rings. The fourth-order valence-corrected chi connectivity index (χ4v) is 1.90. The van der Waals surface area contributed by atoms with E-state index in [0.29, 0.717) is 0 Å². The van der Waals surface area contributed by atoms with Crippen molar-refractivity contribution in [1.82, 2.24) is 9.55 Å². The minimum absolute atomic E-state index is 0.00681. The Balaban J connectivity index is 3.01. The highest BCUT2D eigenvalue weighted by molar-refractivity contribution is 5.93. The number of fused-ring (bicyclic) bond motifs is 1. The smallest absolute Gasteiger partial charge is 0.357 e. The largest absolute Gasteiger partial charge is 0.392 e. The van der Waals surface area contributed by atoms with Gasteiger partial charge < -0.3 is 5.73 Å². The van der Waals surface area contributed by atoms with Crippen LogP contribution in [0.4, 0.5) is 17.1 Å². The van der Waals surface area contributed by atoms with Crippen molar-refractivity contribution < 1.29 is 9.85 Å². The van der Waals surface area contributed by atoms with Crippen LogP contribution in [0.1, 0.15) is 6.92 Å². The number of pyridine rings is 2. The van der Waals surface area contributed by atoms with Gasteiger partial charge >= 0.3 is 11.2 Å². The molecule has 0 spiro atoms. The maximum atomic E-state index is 12.0. The van der Waals surface area contributed by atoms with Crippen LogP contribution in [0.15, 0.2) is 17.1 Å². The van der Waals surface area contributed by atoms with E-state index in [9.17, 15) is 25.0 Å². The van der Waals surface area contributed by atoms with Crippen molar-refractivity contribution in [2.75, 3.05) is 5.73 Å². The number of nitro groups is 2. The molecule has 0 aliphatic heterocycles. The maximum Gasteiger partial charge on any atom is 0.357 e. The third-order valence-electron chi connectivity index (χ3n) is 2.81. The Kier molecular flexibility index (Phi) is 3.06. The molecule has 2 aromatic rings. The third-order valence-corrected chi connectivity index (χ3v) is 2.81. The van der Waals surface area contributed by atoms with Crippen molar-refractivity contribution in [2.24, 2.45) is 0 Å². The molecular weight excluding hydrogens is 270 g/mol. The number of nitrogens with zero attached hydrogens (tertiary/aromatic N) is 4. The van der Waals surface area contributed by atoms with Crippen LogP contribution >= 0.6 is 0 Å². The van der Waals surface area contributed by atoms with Crippen LogP contribution in [0, 0.1) is 20.2 Å². The monoisotopic (exact) mass is 279 g/mol. The Morgan fingerprint density at radius 3 is 2.50 bits per heavy atom. The molecule has 104 valence electrons. The lowest BCUT2D eigenvalue weighted by molar-refractivity contribution is -0.385. The fourth-order valence-electron chi connectivity index (χ4n) is 1.90. The fraction of sp³-hybridized carbons (Fsp3) is 0.200. The number of nitrogens with two attached hydrogens (primary N) is 1. The summed E-state index contributed by atoms with van der Waals surface area (Å²) >= 11 is 0. The first-order valence-electron chi connectivity index (χ1n) is 5.49. The zero-order chi connectivity index (χ0) is 15.0. The van der Waals surface area contributed by atoms with E-state index in [1.165, 1.54) is 0 Å². The molecular formula is C10H9N5O5. The molecule has 10 nitrogen and oxygen atoms in total. The minimum atomic E-state index is -0.901. The molecule has 0 saturated carbocycles. The van der Waals surface area contributed by atoms with Crippen LogP contribution in [0.5, 0.6) is 0 Å². The van der Waals surface area contributed by atoms with E-state index in [-0.39, 0.29) is 23.3 Å². The Morgan fingerprint density at radius 1 is 1.35 bits per heavy atom. The predicted molar refractivity (Wildman–Crippen MR) is 69.4 cm³/mol. The lowest BCUT2D eigenvalue weighted by atomic mass is 10.2. The summed E-state index contributed by atoms with van der Waals surface area (Å²) in [7, 11) is 0. The summed E-state index contributed by atoms with van der Waals surface area (Å²) in [6, 6.07) is 1.07. The molecule has 0 aliphatic carbocycles. The molecule has 0 bridgehead atoms. The number of nitrogen functional groups attached to an aromatic ring is 1. The second-order valence-electron chi connectivity index (χ2n) is 3.89. The van der Waals surface area contributed by atoms with Gasteiger partial charge in [0.15, 0.2) is 0 Å². The van der Waals surface area contributed by atoms with Gasteiger partial charge in [-0.3, -0.25) is 29.6 Å². The number of rotatable bonds is 3. The molecule has 20 heavy (non-hydrogen) atoms. The molecule has 0 aliphatic rings. The summed E-state index contributed by atoms with van der Waals surface area (Å²) in [6.45, 7) is 1.73. The molecule has 0 amide bonds. The molecule has 0 aromatic carbocycles. The first-order valence-corrected chi connectivity index (χ1v) is 5.49. The lowest BCUT2D eigenvalue weighted by Gasteiger charge is -2.08. The molecule has 0 radical (unpaired) electrons. The molecule has 10 heteroatoms. The number of hydrogen-bond acceptors (Lipinski definition) is 7. The van der Waals surface area contributed by atoms with Crippen LogP contribution in [-0.4, -0.2) is 19.4 Å². The first kappa shape index (κ1) is 13.4. The van der Waals surface area contributed by atoms with Crippen LogP contribution in [0.3, 0.4) is 0 Å². The van der Waals surface area contributed by atoms with Gasteiger partial charge in [-0.2, -0.15) is 0 Å². The summed E-state index contributed by atoms with van der Waals surface area (Å²) in [5.41, 5.74) is 3.20. The number of anilines is 1. The normalized spacial score (nSPS) is 10.7. The van der Waals surface area contributed by atoms with Crippen LogP contribution in [0.2, 0.25) is 0 Å². The summed E-state index contributed by atoms with van der Waals surface area (Å²) < 4.78 is 1.05. The van der Waals surface area contributed by atoms with E-state index < -0.39 is 26.8 Å². The van der Waals surface area contributed by atoms with Gasteiger partial charge in [-0.05, 0) is 6.92 Å². The summed E-state index contributed by atoms with van der Waals surface area (Å²) in [5.74, 6) is 0. The SMILES string of the molecule is CCn1c(=O)c([N+](=O)[O-])c(N)c2cc([N+](=O)[O-])cnc21. The Morgan fingerprint density at radius 2 is 2.00 bits per heavy atom. The predicted octanol–water partition coefficient (Wildman–Crippen LogP) is 0.815. The molecule has 0 atom stereocenters. The van der Waals surface area contributed by atoms with Crippen molar-refractivity contribution >= 4 is 28.1 Å². The van der Waals surface area contributed by atoms with Crippen LogP contribution in [0.25, 0.3) is 11.0 Å². The Bertz CT molecular complexity index is 797. The zero-order valence-corrected chi connectivity index (χ0v) is 10.3. The quantitative estimate of drug-likeness (QED) is 0.645. The van der Waals surface area contributed by atoms with Gasteiger partial charge in [0.1, 0.15) is 17.5 Å². The van der Waals surface area contributed by atoms with E-state index >= 15 is 0 Å². The maximum absolute atomic E-state index is 12.0. The second kappa shape index (κ2) is 4.57. The van der Waals surface area contributed by atoms with Gasteiger partial charge in [0.2, 0.25) is 0 Å². The number of aryl methyl sites for hydroxylation is 1. The molecule has 2 rings (SSSR count). The average Bonchev–Trinajstić information content (AvgIpc) is 2.38. The molecule has 0 unspecified atom stereocenters. The van der Waals surface area contributed by atoms with Gasteiger partial charge in [-0.15, -0.1) is 0 Å². The first-order chi connectivity index (χ1) is 9.38. The van der Waals surface area contributed by atoms with Crippen LogP contribution in [-0.2, 0) is 6.54 Å². The van der Waals surface area contributed by atoms with Gasteiger partial charge in [-0.1, -0.05) is 0 Å². The molecule has 2 aromatic heterocycles. The van der Waals surface area contributed by atoms with Gasteiger partial charge in [0.05, 0.1) is 15.2 Å². The number of hydrogen-bond donors (Lipinski definition) is 1. The molecule has 0 saturated heterocycles. The van der Waals surface area contributed by atoms with Gasteiger partial charge in [-0.25, -0.2) is 4.98 Å². The van der Waals surface area contributed by atoms with Crippen LogP contribution < -0.4 is 11.3 Å². The Hall–Kier alpha value is -3.04. The minimum Gasteiger partial charge on any atom is -0.392 e. The zero-order valence-electron chi connectivity index (χ0n) is 10.3. The van der Waals surface area contributed by atoms with Crippen molar-refractivity contribution in [1.29, 1.82) is 0 Å². The second-order valence-corrected chi connectivity index (χ2v) is 3.89. The van der Waals surface area contributed by atoms with Crippen molar-refractivity contribution in [3.8, 4) is 0 Å². The lowest BCUT2D eigenvalue weighted by Crippen LogP contribution is -2.24. The summed E-state index contributed by atoms with van der Waals surface area (Å²) in [4.78, 5) is 35.8.